The summed E-state index contributed by atoms with van der Waals surface area (Å²) in [5.74, 6) is -2.93. The third-order valence-corrected chi connectivity index (χ3v) is 3.44. The van der Waals surface area contributed by atoms with Crippen molar-refractivity contribution in [2.75, 3.05) is 14.2 Å². The van der Waals surface area contributed by atoms with Gasteiger partial charge in [0.2, 0.25) is 11.8 Å². The number of carbonyl (C=O) groups is 4. The highest BCUT2D eigenvalue weighted by molar-refractivity contribution is 6.05. The molecule has 0 saturated carbocycles. The lowest BCUT2D eigenvalue weighted by molar-refractivity contribution is -0.139. The molecule has 0 aromatic rings. The molecule has 1 aliphatic rings. The van der Waals surface area contributed by atoms with E-state index >= 15 is 0 Å². The van der Waals surface area contributed by atoms with Gasteiger partial charge in [0, 0.05) is 22.3 Å². The Morgan fingerprint density at radius 2 is 0.955 bits per heavy atom. The summed E-state index contributed by atoms with van der Waals surface area (Å²) in [7, 11) is 2.37. The van der Waals surface area contributed by atoms with Crippen LogP contribution in [0.25, 0.3) is 0 Å². The zero-order valence-electron chi connectivity index (χ0n) is 12.4. The molecule has 22 heavy (non-hydrogen) atoms. The van der Waals surface area contributed by atoms with Crippen molar-refractivity contribution >= 4 is 23.8 Å². The highest BCUT2D eigenvalue weighted by Gasteiger charge is 2.28. The maximum Gasteiger partial charge on any atom is 0.334 e. The normalized spacial score (nSPS) is 22.3. The van der Waals surface area contributed by atoms with Crippen LogP contribution in [0.2, 0.25) is 0 Å². The Morgan fingerprint density at radius 3 is 1.18 bits per heavy atom. The van der Waals surface area contributed by atoms with Gasteiger partial charge in [-0.05, 0) is 25.7 Å². The van der Waals surface area contributed by atoms with Gasteiger partial charge in [-0.15, -0.1) is 0 Å². The molecule has 0 radical (unpaired) electrons. The van der Waals surface area contributed by atoms with Crippen molar-refractivity contribution in [3.05, 3.63) is 22.3 Å². The summed E-state index contributed by atoms with van der Waals surface area (Å²) in [6.45, 7) is 0. The standard InChI is InChI=1S/C14H18N2O6/c1-21-13(19)9-5-3-7(11(15)17)8(12(16)18)4-6-10(9)14(20)22-2/h3-6H2,1-2H3,(H2,15,17)(H2,16,18)/b8-7-,10-9-. The Labute approximate surface area is 127 Å². The lowest BCUT2D eigenvalue weighted by atomic mass is 9.88. The zero-order valence-corrected chi connectivity index (χ0v) is 12.4. The van der Waals surface area contributed by atoms with Gasteiger partial charge in [-0.2, -0.15) is 0 Å². The number of esters is 2. The van der Waals surface area contributed by atoms with E-state index in [1.165, 1.54) is 14.2 Å². The van der Waals surface area contributed by atoms with Gasteiger partial charge in [0.05, 0.1) is 14.2 Å². The van der Waals surface area contributed by atoms with Crippen LogP contribution in [0.5, 0.6) is 0 Å². The van der Waals surface area contributed by atoms with E-state index < -0.39 is 23.8 Å². The van der Waals surface area contributed by atoms with Crippen LogP contribution in [-0.2, 0) is 28.7 Å². The van der Waals surface area contributed by atoms with Crippen molar-refractivity contribution in [2.45, 2.75) is 25.7 Å². The Hall–Kier alpha value is -2.64. The molecule has 0 bridgehead atoms. The number of primary amides is 2. The first-order valence-corrected chi connectivity index (χ1v) is 6.53. The Kier molecular flexibility index (Phi) is 5.85. The van der Waals surface area contributed by atoms with Crippen LogP contribution >= 0.6 is 0 Å². The molecule has 4 N–H and O–H groups in total. The van der Waals surface area contributed by atoms with Crippen LogP contribution < -0.4 is 11.5 Å². The average Bonchev–Trinajstić information content (AvgIpc) is 2.45. The van der Waals surface area contributed by atoms with Gasteiger partial charge in [-0.3, -0.25) is 9.59 Å². The highest BCUT2D eigenvalue weighted by atomic mass is 16.5. The summed E-state index contributed by atoms with van der Waals surface area (Å²) < 4.78 is 9.31. The number of nitrogens with two attached hydrogens (primary N) is 2. The predicted octanol–water partition coefficient (Wildman–Crippen LogP) is -0.530. The summed E-state index contributed by atoms with van der Waals surface area (Å²) in [4.78, 5) is 46.7. The summed E-state index contributed by atoms with van der Waals surface area (Å²) in [6, 6.07) is 0. The summed E-state index contributed by atoms with van der Waals surface area (Å²) in [5.41, 5.74) is 10.9. The van der Waals surface area contributed by atoms with Gasteiger partial charge in [0.15, 0.2) is 0 Å². The Bertz CT molecular complexity index is 538. The smallest absolute Gasteiger partial charge is 0.334 e. The van der Waals surface area contributed by atoms with Crippen LogP contribution in [0.1, 0.15) is 25.7 Å². The highest BCUT2D eigenvalue weighted by Crippen LogP contribution is 2.28. The molecule has 120 valence electrons. The summed E-state index contributed by atoms with van der Waals surface area (Å²) in [6.07, 6.45) is 0.0649. The van der Waals surface area contributed by atoms with E-state index in [1.54, 1.807) is 0 Å². The number of ether oxygens (including phenoxy) is 2. The number of methoxy groups -OCH3 is 2. The summed E-state index contributed by atoms with van der Waals surface area (Å²) >= 11 is 0. The van der Waals surface area contributed by atoms with Gasteiger partial charge in [0.1, 0.15) is 0 Å². The fraction of sp³-hybridized carbons (Fsp3) is 0.429. The van der Waals surface area contributed by atoms with Crippen LogP contribution in [0.4, 0.5) is 0 Å². The molecule has 2 amide bonds. The molecule has 8 nitrogen and oxygen atoms in total. The second-order valence-corrected chi connectivity index (χ2v) is 4.63. The van der Waals surface area contributed by atoms with Crippen LogP contribution in [0.15, 0.2) is 22.3 Å². The molecule has 8 heteroatoms. The van der Waals surface area contributed by atoms with Crippen LogP contribution in [-0.4, -0.2) is 38.0 Å². The van der Waals surface area contributed by atoms with E-state index in [1.807, 2.05) is 0 Å². The van der Waals surface area contributed by atoms with Crippen LogP contribution in [0, 0.1) is 0 Å². The van der Waals surface area contributed by atoms with Gasteiger partial charge in [0.25, 0.3) is 0 Å². The third-order valence-electron chi connectivity index (χ3n) is 3.44. The lowest BCUT2D eigenvalue weighted by Crippen LogP contribution is -2.26. The first-order valence-electron chi connectivity index (χ1n) is 6.53. The molecule has 0 atom stereocenters. The second-order valence-electron chi connectivity index (χ2n) is 4.63. The number of rotatable bonds is 4. The molecule has 1 rings (SSSR count). The van der Waals surface area contributed by atoms with E-state index in [0.717, 1.165) is 0 Å². The molecule has 0 aromatic carbocycles. The summed E-state index contributed by atoms with van der Waals surface area (Å²) in [5, 5.41) is 0. The topological polar surface area (TPSA) is 139 Å². The Balaban J connectivity index is 3.31. The van der Waals surface area contributed by atoms with Gasteiger partial charge >= 0.3 is 11.9 Å². The molecular formula is C14H18N2O6. The van der Waals surface area contributed by atoms with Crippen molar-refractivity contribution in [1.82, 2.24) is 0 Å². The Morgan fingerprint density at radius 1 is 0.682 bits per heavy atom. The van der Waals surface area contributed by atoms with E-state index in [0.29, 0.717) is 0 Å². The maximum atomic E-state index is 11.8. The first kappa shape index (κ1) is 17.4. The molecule has 1 aliphatic carbocycles. The van der Waals surface area contributed by atoms with Crippen molar-refractivity contribution in [1.29, 1.82) is 0 Å². The quantitative estimate of drug-likeness (QED) is 0.669. The fourth-order valence-electron chi connectivity index (χ4n) is 2.34. The van der Waals surface area contributed by atoms with Crippen molar-refractivity contribution in [2.24, 2.45) is 11.5 Å². The number of amides is 2. The molecule has 0 unspecified atom stereocenters. The van der Waals surface area contributed by atoms with Crippen molar-refractivity contribution in [3.8, 4) is 0 Å². The molecule has 0 aromatic heterocycles. The molecule has 0 heterocycles. The van der Waals surface area contributed by atoms with Gasteiger partial charge < -0.3 is 20.9 Å². The molecular weight excluding hydrogens is 292 g/mol. The van der Waals surface area contributed by atoms with Gasteiger partial charge in [-0.25, -0.2) is 9.59 Å². The average molecular weight is 310 g/mol. The molecule has 0 fully saturated rings. The molecule has 0 saturated heterocycles. The number of carbonyl (C=O) groups excluding carboxylic acids is 4. The minimum Gasteiger partial charge on any atom is -0.466 e. The predicted molar refractivity (Wildman–Crippen MR) is 74.9 cm³/mol. The van der Waals surface area contributed by atoms with E-state index in [4.69, 9.17) is 11.5 Å². The second kappa shape index (κ2) is 7.39. The monoisotopic (exact) mass is 310 g/mol. The van der Waals surface area contributed by atoms with Crippen molar-refractivity contribution < 1.29 is 28.7 Å². The number of hydrogen-bond donors (Lipinski definition) is 2. The minimum atomic E-state index is -0.778. The van der Waals surface area contributed by atoms with E-state index in [9.17, 15) is 19.2 Å². The maximum absolute atomic E-state index is 11.8. The SMILES string of the molecule is COC(=O)/C1=C(\C(=O)OC)CC/C(C(N)=O)=C(/C(N)=O)CC1. The van der Waals surface area contributed by atoms with Gasteiger partial charge in [-0.1, -0.05) is 0 Å². The minimum absolute atomic E-state index is 0.0124. The number of hydrogen-bond acceptors (Lipinski definition) is 6. The fourth-order valence-corrected chi connectivity index (χ4v) is 2.34. The lowest BCUT2D eigenvalue weighted by Gasteiger charge is -2.18. The van der Waals surface area contributed by atoms with Crippen molar-refractivity contribution in [3.63, 3.8) is 0 Å². The largest absolute Gasteiger partial charge is 0.466 e. The molecule has 0 aliphatic heterocycles. The van der Waals surface area contributed by atoms with Crippen LogP contribution in [0.3, 0.4) is 0 Å². The zero-order chi connectivity index (χ0) is 16.9. The third kappa shape index (κ3) is 3.72. The van der Waals surface area contributed by atoms with E-state index in [-0.39, 0.29) is 48.0 Å². The first-order chi connectivity index (χ1) is 10.3. The van der Waals surface area contributed by atoms with E-state index in [2.05, 4.69) is 9.47 Å². The molecule has 0 spiro atoms.